The van der Waals surface area contributed by atoms with E-state index in [-0.39, 0.29) is 0 Å². The summed E-state index contributed by atoms with van der Waals surface area (Å²) in [6.07, 6.45) is 0.788. The van der Waals surface area contributed by atoms with Gasteiger partial charge in [0.05, 0.1) is 0 Å². The number of nitrogens with two attached hydrogens (primary N) is 1. The highest BCUT2D eigenvalue weighted by atomic mass is 15.5. The minimum absolute atomic E-state index is 0.464. The Labute approximate surface area is 129 Å². The van der Waals surface area contributed by atoms with E-state index in [1.54, 1.807) is 0 Å². The first-order chi connectivity index (χ1) is 9.70. The zero-order valence-corrected chi connectivity index (χ0v) is 14.3. The second kappa shape index (κ2) is 7.64. The van der Waals surface area contributed by atoms with Crippen LogP contribution in [0, 0.1) is 17.8 Å². The van der Waals surface area contributed by atoms with E-state index in [0.29, 0.717) is 29.7 Å². The first-order valence-corrected chi connectivity index (χ1v) is 7.91. The molecule has 1 fully saturated rings. The Balaban J connectivity index is 2.87. The van der Waals surface area contributed by atoms with Crippen LogP contribution in [0.5, 0.6) is 0 Å². The van der Waals surface area contributed by atoms with Gasteiger partial charge in [-0.1, -0.05) is 41.5 Å². The first kappa shape index (κ1) is 17.8. The van der Waals surface area contributed by atoms with Crippen LogP contribution >= 0.6 is 0 Å². The predicted molar refractivity (Wildman–Crippen MR) is 90.1 cm³/mol. The van der Waals surface area contributed by atoms with Crippen LogP contribution in [-0.4, -0.2) is 30.8 Å². The van der Waals surface area contributed by atoms with Crippen molar-refractivity contribution in [3.8, 4) is 0 Å². The molecular formula is C15H32N6. The summed E-state index contributed by atoms with van der Waals surface area (Å²) in [6.45, 7) is 14.4. The number of rotatable bonds is 6. The van der Waals surface area contributed by atoms with Gasteiger partial charge in [0.2, 0.25) is 11.9 Å². The van der Waals surface area contributed by atoms with Gasteiger partial charge in [0.15, 0.2) is 5.79 Å². The number of hydrogen-bond donors (Lipinski definition) is 4. The highest BCUT2D eigenvalue weighted by Crippen LogP contribution is 2.11. The lowest BCUT2D eigenvalue weighted by Crippen LogP contribution is -2.76. The minimum atomic E-state index is -0.703. The molecule has 1 aliphatic heterocycles. The van der Waals surface area contributed by atoms with E-state index in [9.17, 15) is 0 Å². The lowest BCUT2D eigenvalue weighted by molar-refractivity contribution is 0.279. The summed E-state index contributed by atoms with van der Waals surface area (Å²) >= 11 is 0. The van der Waals surface area contributed by atoms with E-state index in [1.165, 1.54) is 0 Å². The van der Waals surface area contributed by atoms with Crippen molar-refractivity contribution in [2.75, 3.05) is 13.1 Å². The van der Waals surface area contributed by atoms with Crippen molar-refractivity contribution in [1.29, 1.82) is 0 Å². The Morgan fingerprint density at radius 3 is 1.62 bits per heavy atom. The van der Waals surface area contributed by atoms with Crippen molar-refractivity contribution in [2.45, 2.75) is 53.8 Å². The lowest BCUT2D eigenvalue weighted by Gasteiger charge is -2.40. The largest absolute Gasteiger partial charge is 0.321 e. The van der Waals surface area contributed by atoms with Gasteiger partial charge in [-0.15, -0.1) is 0 Å². The molecule has 0 aromatic carbocycles. The number of nitrogens with one attached hydrogen (secondary N) is 3. The molecule has 0 spiro atoms. The first-order valence-electron chi connectivity index (χ1n) is 7.91. The number of hydrogen-bond acceptors (Lipinski definition) is 3. The summed E-state index contributed by atoms with van der Waals surface area (Å²) in [7, 11) is 0. The zero-order valence-electron chi connectivity index (χ0n) is 14.3. The van der Waals surface area contributed by atoms with E-state index < -0.39 is 5.79 Å². The average Bonchev–Trinajstić information content (AvgIpc) is 2.31. The maximum Gasteiger partial charge on any atom is 0.200 e. The van der Waals surface area contributed by atoms with E-state index in [0.717, 1.165) is 19.5 Å². The van der Waals surface area contributed by atoms with Crippen LogP contribution in [0.15, 0.2) is 9.98 Å². The molecule has 0 unspecified atom stereocenters. The SMILES string of the molecule is CC(C)CN=C1NC(=NCC(C)C)NC(N)(CC(C)C)N1. The predicted octanol–water partition coefficient (Wildman–Crippen LogP) is 1.45. The monoisotopic (exact) mass is 296 g/mol. The van der Waals surface area contributed by atoms with Crippen molar-refractivity contribution >= 4 is 11.9 Å². The normalized spacial score (nSPS) is 26.4. The van der Waals surface area contributed by atoms with Crippen LogP contribution in [0.25, 0.3) is 0 Å². The van der Waals surface area contributed by atoms with Crippen LogP contribution in [0.2, 0.25) is 0 Å². The quantitative estimate of drug-likeness (QED) is 0.597. The van der Waals surface area contributed by atoms with Gasteiger partial charge in [0.25, 0.3) is 0 Å². The summed E-state index contributed by atoms with van der Waals surface area (Å²) in [5, 5.41) is 9.71. The highest BCUT2D eigenvalue weighted by Gasteiger charge is 2.33. The smallest absolute Gasteiger partial charge is 0.200 e. The van der Waals surface area contributed by atoms with Gasteiger partial charge in [-0.25, -0.2) is 0 Å². The molecule has 1 rings (SSSR count). The van der Waals surface area contributed by atoms with Gasteiger partial charge >= 0.3 is 0 Å². The van der Waals surface area contributed by atoms with Crippen molar-refractivity contribution in [3.63, 3.8) is 0 Å². The van der Waals surface area contributed by atoms with Gasteiger partial charge in [0, 0.05) is 19.5 Å². The van der Waals surface area contributed by atoms with Crippen LogP contribution in [0.1, 0.15) is 48.0 Å². The molecule has 1 saturated heterocycles. The fourth-order valence-corrected chi connectivity index (χ4v) is 2.08. The van der Waals surface area contributed by atoms with E-state index in [1.807, 2.05) is 0 Å². The van der Waals surface area contributed by atoms with Crippen LogP contribution in [-0.2, 0) is 0 Å². The molecule has 0 bridgehead atoms. The standard InChI is InChI=1S/C15H32N6/c1-10(2)7-15(16)20-13(17-8-11(3)4)19-14(21-15)18-9-12(5)6/h10-12H,7-9,16H2,1-6H3,(H3,17,18,19,20,21). The maximum absolute atomic E-state index is 6.43. The summed E-state index contributed by atoms with van der Waals surface area (Å²) in [5.41, 5.74) is 6.43. The zero-order chi connectivity index (χ0) is 16.0. The molecule has 0 aliphatic carbocycles. The Hall–Kier alpha value is -1.30. The minimum Gasteiger partial charge on any atom is -0.321 e. The summed E-state index contributed by atoms with van der Waals surface area (Å²) in [4.78, 5) is 9.11. The highest BCUT2D eigenvalue weighted by molar-refractivity contribution is 6.01. The topological polar surface area (TPSA) is 86.8 Å². The van der Waals surface area contributed by atoms with Gasteiger partial charge in [-0.3, -0.25) is 21.0 Å². The fourth-order valence-electron chi connectivity index (χ4n) is 2.08. The molecular weight excluding hydrogens is 264 g/mol. The average molecular weight is 296 g/mol. The molecule has 0 radical (unpaired) electrons. The molecule has 0 amide bonds. The number of guanidine groups is 2. The van der Waals surface area contributed by atoms with E-state index in [4.69, 9.17) is 5.73 Å². The molecule has 122 valence electrons. The molecule has 1 heterocycles. The molecule has 6 heteroatoms. The summed E-state index contributed by atoms with van der Waals surface area (Å²) in [5.74, 6) is 2.17. The van der Waals surface area contributed by atoms with Crippen LogP contribution in [0.3, 0.4) is 0 Å². The second-order valence-electron chi connectivity index (χ2n) is 7.11. The maximum atomic E-state index is 6.43. The molecule has 0 saturated carbocycles. The van der Waals surface area contributed by atoms with Crippen LogP contribution in [0.4, 0.5) is 0 Å². The molecule has 1 aliphatic rings. The van der Waals surface area contributed by atoms with Crippen molar-refractivity contribution in [3.05, 3.63) is 0 Å². The molecule has 21 heavy (non-hydrogen) atoms. The Kier molecular flexibility index (Phi) is 6.45. The third-order valence-electron chi connectivity index (χ3n) is 2.88. The van der Waals surface area contributed by atoms with Gasteiger partial charge < -0.3 is 10.6 Å². The molecule has 6 nitrogen and oxygen atoms in total. The van der Waals surface area contributed by atoms with Crippen molar-refractivity contribution in [2.24, 2.45) is 33.5 Å². The van der Waals surface area contributed by atoms with E-state index >= 15 is 0 Å². The fraction of sp³-hybridized carbons (Fsp3) is 0.867. The molecule has 5 N–H and O–H groups in total. The summed E-state index contributed by atoms with van der Waals surface area (Å²) in [6, 6.07) is 0. The summed E-state index contributed by atoms with van der Waals surface area (Å²) < 4.78 is 0. The Bertz CT molecular complexity index is 356. The number of nitrogens with zero attached hydrogens (tertiary/aromatic N) is 2. The van der Waals surface area contributed by atoms with Gasteiger partial charge in [0.1, 0.15) is 0 Å². The second-order valence-corrected chi connectivity index (χ2v) is 7.11. The Morgan fingerprint density at radius 1 is 0.857 bits per heavy atom. The number of aliphatic imine (C=N–C) groups is 2. The van der Waals surface area contributed by atoms with Crippen molar-refractivity contribution in [1.82, 2.24) is 16.0 Å². The lowest BCUT2D eigenvalue weighted by atomic mass is 10.0. The van der Waals surface area contributed by atoms with Crippen LogP contribution < -0.4 is 21.7 Å². The van der Waals surface area contributed by atoms with E-state index in [2.05, 4.69) is 67.5 Å². The molecule has 0 atom stereocenters. The third kappa shape index (κ3) is 6.80. The third-order valence-corrected chi connectivity index (χ3v) is 2.88. The van der Waals surface area contributed by atoms with Gasteiger partial charge in [-0.05, 0) is 17.8 Å². The van der Waals surface area contributed by atoms with Gasteiger partial charge in [-0.2, -0.15) is 0 Å². The Morgan fingerprint density at radius 2 is 1.29 bits per heavy atom. The van der Waals surface area contributed by atoms with Crippen molar-refractivity contribution < 1.29 is 0 Å². The molecule has 0 aromatic rings. The molecule has 0 aromatic heterocycles.